The third kappa shape index (κ3) is 3.01. The van der Waals surface area contributed by atoms with E-state index >= 15 is 0 Å². The first kappa shape index (κ1) is 19.2. The molecule has 2 fully saturated rings. The van der Waals surface area contributed by atoms with E-state index in [0.29, 0.717) is 0 Å². The summed E-state index contributed by atoms with van der Waals surface area (Å²) in [6.07, 6.45) is -10.8. The first-order valence-electron chi connectivity index (χ1n) is 8.04. The van der Waals surface area contributed by atoms with Crippen molar-refractivity contribution >= 4 is 11.9 Å². The lowest BCUT2D eigenvalue weighted by atomic mass is 9.78. The minimum atomic E-state index is -1.85. The van der Waals surface area contributed by atoms with Crippen LogP contribution in [0.5, 0.6) is 0 Å². The Kier molecular flexibility index (Phi) is 5.30. The minimum absolute atomic E-state index is 0.108. The van der Waals surface area contributed by atoms with Gasteiger partial charge >= 0.3 is 5.97 Å². The number of fused-ring (bicyclic) bond motifs is 1. The van der Waals surface area contributed by atoms with E-state index in [9.17, 15) is 35.4 Å². The first-order chi connectivity index (χ1) is 12.3. The molecule has 0 spiro atoms. The smallest absolute Gasteiger partial charge is 0.335 e. The minimum Gasteiger partial charge on any atom is -0.479 e. The molecular weight excluding hydrogens is 354 g/mol. The number of hydrogen-bond acceptors (Lipinski definition) is 10. The lowest BCUT2D eigenvalue weighted by Crippen LogP contribution is -2.67. The molecule has 2 saturated heterocycles. The summed E-state index contributed by atoms with van der Waals surface area (Å²) in [5.41, 5.74) is 0. The molecule has 26 heavy (non-hydrogen) atoms. The molecule has 11 nitrogen and oxygen atoms in total. The fourth-order valence-electron chi connectivity index (χ4n) is 3.57. The van der Waals surface area contributed by atoms with Crippen LogP contribution < -0.4 is 0 Å². The Morgan fingerprint density at radius 3 is 2.38 bits per heavy atom. The van der Waals surface area contributed by atoms with Crippen molar-refractivity contribution in [1.82, 2.24) is 0 Å². The zero-order valence-corrected chi connectivity index (χ0v) is 13.5. The number of aliphatic imine (C=N–C) groups is 1. The molecule has 10 atom stereocenters. The third-order valence-electron chi connectivity index (χ3n) is 4.90. The van der Waals surface area contributed by atoms with Gasteiger partial charge in [-0.2, -0.15) is 0 Å². The summed E-state index contributed by atoms with van der Waals surface area (Å²) < 4.78 is 16.1. The van der Waals surface area contributed by atoms with E-state index in [0.717, 1.165) is 0 Å². The summed E-state index contributed by atoms with van der Waals surface area (Å²) in [5.74, 6) is -2.51. The Labute approximate surface area is 147 Å². The van der Waals surface area contributed by atoms with Crippen LogP contribution in [0.2, 0.25) is 0 Å². The lowest BCUT2D eigenvalue weighted by Gasteiger charge is -2.48. The number of carbonyl (C=O) groups is 1. The van der Waals surface area contributed by atoms with Gasteiger partial charge in [-0.25, -0.2) is 9.79 Å². The molecule has 11 heteroatoms. The molecule has 3 aliphatic heterocycles. The van der Waals surface area contributed by atoms with E-state index in [1.165, 1.54) is 6.08 Å². The second kappa shape index (κ2) is 7.19. The molecule has 0 radical (unpaired) electrons. The molecule has 0 saturated carbocycles. The SMILES string of the molecule is C=CC1=N[C@@H]2C([C@@H]3O[C@H](C(=O)O)[C@@H](O)[C@H](O)[C@H]3O)[C@@H](O)[C@@H](CO)O[C@@H]2O1. The highest BCUT2D eigenvalue weighted by molar-refractivity contribution is 5.88. The molecule has 146 valence electrons. The molecule has 0 aromatic rings. The Bertz CT molecular complexity index is 597. The Hall–Kier alpha value is -1.60. The number of nitrogens with zero attached hydrogens (tertiary/aromatic N) is 1. The molecule has 1 unspecified atom stereocenters. The van der Waals surface area contributed by atoms with Crippen LogP contribution in [0, 0.1) is 5.92 Å². The van der Waals surface area contributed by atoms with Crippen molar-refractivity contribution in [3.63, 3.8) is 0 Å². The van der Waals surface area contributed by atoms with E-state index in [4.69, 9.17) is 14.2 Å². The number of ether oxygens (including phenoxy) is 3. The van der Waals surface area contributed by atoms with Crippen molar-refractivity contribution in [2.24, 2.45) is 10.9 Å². The summed E-state index contributed by atoms with van der Waals surface area (Å²) in [6, 6.07) is -0.905. The molecular formula is C15H21NO10. The van der Waals surface area contributed by atoms with Crippen molar-refractivity contribution in [3.8, 4) is 0 Å². The van der Waals surface area contributed by atoms with Gasteiger partial charge in [0.2, 0.25) is 12.2 Å². The van der Waals surface area contributed by atoms with Crippen molar-refractivity contribution in [2.45, 2.75) is 55.1 Å². The normalized spacial score (nSPS) is 48.3. The van der Waals surface area contributed by atoms with Crippen LogP contribution in [0.1, 0.15) is 0 Å². The van der Waals surface area contributed by atoms with E-state index in [2.05, 4.69) is 11.6 Å². The maximum Gasteiger partial charge on any atom is 0.335 e. The quantitative estimate of drug-likeness (QED) is 0.290. The van der Waals surface area contributed by atoms with Gasteiger partial charge in [0.25, 0.3) is 0 Å². The second-order valence-electron chi connectivity index (χ2n) is 6.40. The molecule has 6 N–H and O–H groups in total. The Morgan fingerprint density at radius 2 is 1.81 bits per heavy atom. The Morgan fingerprint density at radius 1 is 1.12 bits per heavy atom. The zero-order valence-electron chi connectivity index (χ0n) is 13.5. The third-order valence-corrected chi connectivity index (χ3v) is 4.90. The van der Waals surface area contributed by atoms with Crippen molar-refractivity contribution in [2.75, 3.05) is 6.61 Å². The number of aliphatic hydroxyl groups is 5. The van der Waals surface area contributed by atoms with E-state index < -0.39 is 73.6 Å². The van der Waals surface area contributed by atoms with Gasteiger partial charge in [-0.15, -0.1) is 0 Å². The predicted octanol–water partition coefficient (Wildman–Crippen LogP) is -3.40. The van der Waals surface area contributed by atoms with E-state index in [-0.39, 0.29) is 5.90 Å². The number of carboxylic acids is 1. The van der Waals surface area contributed by atoms with Gasteiger partial charge < -0.3 is 44.8 Å². The van der Waals surface area contributed by atoms with Gasteiger partial charge in [-0.1, -0.05) is 6.58 Å². The summed E-state index contributed by atoms with van der Waals surface area (Å²) in [7, 11) is 0. The molecule has 3 aliphatic rings. The van der Waals surface area contributed by atoms with Crippen molar-refractivity contribution < 1.29 is 49.6 Å². The summed E-state index contributed by atoms with van der Waals surface area (Å²) in [4.78, 5) is 15.5. The van der Waals surface area contributed by atoms with E-state index in [1.54, 1.807) is 0 Å². The van der Waals surface area contributed by atoms with Gasteiger partial charge in [-0.05, 0) is 6.08 Å². The van der Waals surface area contributed by atoms with Gasteiger partial charge in [-0.3, -0.25) is 0 Å². The molecule has 0 aromatic carbocycles. The van der Waals surface area contributed by atoms with Crippen LogP contribution in [0.4, 0.5) is 0 Å². The molecule has 3 heterocycles. The van der Waals surface area contributed by atoms with Crippen LogP contribution in [0.15, 0.2) is 17.6 Å². The largest absolute Gasteiger partial charge is 0.479 e. The number of rotatable bonds is 4. The number of aliphatic carboxylic acids is 1. The molecule has 3 rings (SSSR count). The van der Waals surface area contributed by atoms with Crippen molar-refractivity contribution in [3.05, 3.63) is 12.7 Å². The van der Waals surface area contributed by atoms with Crippen molar-refractivity contribution in [1.29, 1.82) is 0 Å². The van der Waals surface area contributed by atoms with Crippen LogP contribution >= 0.6 is 0 Å². The average Bonchev–Trinajstić information content (AvgIpc) is 3.02. The fraction of sp³-hybridized carbons (Fsp3) is 0.733. The number of hydrogen-bond donors (Lipinski definition) is 6. The summed E-state index contributed by atoms with van der Waals surface area (Å²) >= 11 is 0. The fourth-order valence-corrected chi connectivity index (χ4v) is 3.57. The highest BCUT2D eigenvalue weighted by atomic mass is 16.7. The summed E-state index contributed by atoms with van der Waals surface area (Å²) in [5, 5.41) is 59.4. The first-order valence-corrected chi connectivity index (χ1v) is 8.04. The Balaban J connectivity index is 1.95. The molecule has 0 aliphatic carbocycles. The topological polar surface area (TPSA) is 178 Å². The summed E-state index contributed by atoms with van der Waals surface area (Å²) in [6.45, 7) is 2.93. The number of aliphatic hydroxyl groups excluding tert-OH is 5. The van der Waals surface area contributed by atoms with Crippen LogP contribution in [0.3, 0.4) is 0 Å². The predicted molar refractivity (Wildman–Crippen MR) is 82.1 cm³/mol. The molecule has 0 bridgehead atoms. The van der Waals surface area contributed by atoms with E-state index in [1.807, 2.05) is 0 Å². The highest BCUT2D eigenvalue weighted by Crippen LogP contribution is 2.39. The standard InChI is InChI=1S/C15H21NO10/c1-2-5-16-7-6(8(18)4(3-17)24-15(7)25-5)12-10(20)9(19)11(21)13(26-12)14(22)23/h2,4,6-13,15,17-21H,1,3H2,(H,22,23)/t4-,6?,7-,8+,9-,10-,11+,12+,13+,15-/m1/s1. The molecule has 0 amide bonds. The highest BCUT2D eigenvalue weighted by Gasteiger charge is 2.58. The van der Waals surface area contributed by atoms with Gasteiger partial charge in [0.1, 0.15) is 30.5 Å². The maximum absolute atomic E-state index is 11.3. The van der Waals surface area contributed by atoms with Crippen LogP contribution in [-0.4, -0.2) is 104 Å². The average molecular weight is 375 g/mol. The maximum atomic E-state index is 11.3. The van der Waals surface area contributed by atoms with Gasteiger partial charge in [0.05, 0.1) is 18.8 Å². The molecule has 0 aromatic heterocycles. The van der Waals surface area contributed by atoms with Crippen LogP contribution in [0.25, 0.3) is 0 Å². The lowest BCUT2D eigenvalue weighted by molar-refractivity contribution is -0.279. The number of carboxylic acid groups (broad SMARTS) is 1. The zero-order chi connectivity index (χ0) is 19.2. The van der Waals surface area contributed by atoms with Crippen LogP contribution in [-0.2, 0) is 19.0 Å². The van der Waals surface area contributed by atoms with Gasteiger partial charge in [0, 0.05) is 5.92 Å². The monoisotopic (exact) mass is 375 g/mol. The second-order valence-corrected chi connectivity index (χ2v) is 6.40. The van der Waals surface area contributed by atoms with Gasteiger partial charge in [0.15, 0.2) is 6.10 Å².